The SMILES string of the molecule is COc1ccc(C2=C(c3ccc(S(=O)(=O)O)cc3)CCC2)cc1Cl. The molecule has 0 heterocycles. The van der Waals surface area contributed by atoms with Gasteiger partial charge in [-0.05, 0) is 65.8 Å². The monoisotopic (exact) mass is 364 g/mol. The molecule has 0 atom stereocenters. The fraction of sp³-hybridized carbons (Fsp3) is 0.222. The lowest BCUT2D eigenvalue weighted by Crippen LogP contribution is -1.97. The Kier molecular flexibility index (Phi) is 4.67. The van der Waals surface area contributed by atoms with Crippen LogP contribution in [0, 0.1) is 0 Å². The van der Waals surface area contributed by atoms with Crippen LogP contribution in [0.3, 0.4) is 0 Å². The Hall–Kier alpha value is -1.82. The molecule has 2 aromatic rings. The highest BCUT2D eigenvalue weighted by Crippen LogP contribution is 2.41. The van der Waals surface area contributed by atoms with Gasteiger partial charge in [0.25, 0.3) is 10.1 Å². The van der Waals surface area contributed by atoms with E-state index in [4.69, 9.17) is 20.9 Å². The highest BCUT2D eigenvalue weighted by Gasteiger charge is 2.19. The predicted molar refractivity (Wildman–Crippen MR) is 94.9 cm³/mol. The van der Waals surface area contributed by atoms with Crippen LogP contribution >= 0.6 is 11.6 Å². The summed E-state index contributed by atoms with van der Waals surface area (Å²) in [6.45, 7) is 0. The molecule has 126 valence electrons. The number of halogens is 1. The van der Waals surface area contributed by atoms with Gasteiger partial charge in [0.15, 0.2) is 0 Å². The Morgan fingerprint density at radius 2 is 1.58 bits per heavy atom. The molecule has 0 aromatic heterocycles. The second kappa shape index (κ2) is 6.59. The maximum Gasteiger partial charge on any atom is 0.294 e. The highest BCUT2D eigenvalue weighted by atomic mass is 35.5. The summed E-state index contributed by atoms with van der Waals surface area (Å²) in [6.07, 6.45) is 2.90. The molecule has 4 nitrogen and oxygen atoms in total. The van der Waals surface area contributed by atoms with Crippen molar-refractivity contribution in [1.29, 1.82) is 0 Å². The van der Waals surface area contributed by atoms with E-state index in [1.165, 1.54) is 23.3 Å². The van der Waals surface area contributed by atoms with Crippen LogP contribution in [0.4, 0.5) is 0 Å². The summed E-state index contributed by atoms with van der Waals surface area (Å²) in [6, 6.07) is 12.0. The first kappa shape index (κ1) is 17.0. The Bertz CT molecular complexity index is 899. The number of rotatable bonds is 4. The van der Waals surface area contributed by atoms with Gasteiger partial charge in [0.2, 0.25) is 0 Å². The van der Waals surface area contributed by atoms with E-state index in [1.54, 1.807) is 19.2 Å². The van der Waals surface area contributed by atoms with E-state index in [0.717, 1.165) is 30.4 Å². The minimum absolute atomic E-state index is 0.0983. The standard InChI is InChI=1S/C18H17ClO4S/c1-23-18-10-7-13(11-17(18)19)16-4-2-3-15(16)12-5-8-14(9-6-12)24(20,21)22/h5-11H,2-4H2,1H3,(H,20,21,22). The average Bonchev–Trinajstić information content (AvgIpc) is 3.03. The van der Waals surface area contributed by atoms with Crippen LogP contribution in [0.5, 0.6) is 5.75 Å². The number of hydrogen-bond acceptors (Lipinski definition) is 3. The van der Waals surface area contributed by atoms with Crippen LogP contribution in [-0.2, 0) is 10.1 Å². The zero-order chi connectivity index (χ0) is 17.3. The Morgan fingerprint density at radius 3 is 2.12 bits per heavy atom. The van der Waals surface area contributed by atoms with Gasteiger partial charge in [-0.1, -0.05) is 29.8 Å². The van der Waals surface area contributed by atoms with Crippen LogP contribution in [0.2, 0.25) is 5.02 Å². The molecule has 0 radical (unpaired) electrons. The van der Waals surface area contributed by atoms with Gasteiger partial charge >= 0.3 is 0 Å². The quantitative estimate of drug-likeness (QED) is 0.799. The van der Waals surface area contributed by atoms with Crippen molar-refractivity contribution in [2.75, 3.05) is 7.11 Å². The molecule has 1 aliphatic rings. The molecule has 0 aliphatic heterocycles. The van der Waals surface area contributed by atoms with Gasteiger partial charge in [-0.3, -0.25) is 4.55 Å². The molecular formula is C18H17ClO4S. The van der Waals surface area contributed by atoms with Gasteiger partial charge in [-0.2, -0.15) is 8.42 Å². The molecule has 0 saturated heterocycles. The lowest BCUT2D eigenvalue weighted by Gasteiger charge is -2.11. The van der Waals surface area contributed by atoms with Gasteiger partial charge in [-0.25, -0.2) is 0 Å². The predicted octanol–water partition coefficient (Wildman–Crippen LogP) is 4.69. The summed E-state index contributed by atoms with van der Waals surface area (Å²) in [5.41, 5.74) is 4.39. The van der Waals surface area contributed by atoms with Crippen molar-refractivity contribution in [1.82, 2.24) is 0 Å². The molecule has 3 rings (SSSR count). The summed E-state index contributed by atoms with van der Waals surface area (Å²) < 4.78 is 36.6. The number of allylic oxidation sites excluding steroid dienone is 2. The summed E-state index contributed by atoms with van der Waals surface area (Å²) in [5, 5.41) is 0.565. The van der Waals surface area contributed by atoms with E-state index in [-0.39, 0.29) is 4.90 Å². The van der Waals surface area contributed by atoms with E-state index in [9.17, 15) is 8.42 Å². The van der Waals surface area contributed by atoms with Crippen LogP contribution in [0.1, 0.15) is 30.4 Å². The topological polar surface area (TPSA) is 63.6 Å². The van der Waals surface area contributed by atoms with Crippen LogP contribution in [-0.4, -0.2) is 20.1 Å². The Balaban J connectivity index is 2.02. The van der Waals surface area contributed by atoms with Gasteiger partial charge in [0, 0.05) is 0 Å². The van der Waals surface area contributed by atoms with Crippen molar-refractivity contribution in [3.63, 3.8) is 0 Å². The van der Waals surface area contributed by atoms with Crippen molar-refractivity contribution in [3.8, 4) is 5.75 Å². The maximum atomic E-state index is 11.2. The third-order valence-electron chi connectivity index (χ3n) is 4.22. The number of hydrogen-bond donors (Lipinski definition) is 1. The molecule has 0 fully saturated rings. The third-order valence-corrected chi connectivity index (χ3v) is 5.38. The highest BCUT2D eigenvalue weighted by molar-refractivity contribution is 7.85. The molecule has 0 unspecified atom stereocenters. The molecular weight excluding hydrogens is 348 g/mol. The van der Waals surface area contributed by atoms with E-state index in [2.05, 4.69) is 0 Å². The summed E-state index contributed by atoms with van der Waals surface area (Å²) in [5.74, 6) is 0.637. The lowest BCUT2D eigenvalue weighted by atomic mass is 9.97. The summed E-state index contributed by atoms with van der Waals surface area (Å²) in [4.78, 5) is -0.0983. The fourth-order valence-electron chi connectivity index (χ4n) is 3.06. The Morgan fingerprint density at radius 1 is 1.00 bits per heavy atom. The minimum atomic E-state index is -4.17. The van der Waals surface area contributed by atoms with Gasteiger partial charge in [0.05, 0.1) is 17.0 Å². The number of methoxy groups -OCH3 is 1. The first-order valence-electron chi connectivity index (χ1n) is 7.54. The molecule has 6 heteroatoms. The smallest absolute Gasteiger partial charge is 0.294 e. The maximum absolute atomic E-state index is 11.2. The minimum Gasteiger partial charge on any atom is -0.495 e. The van der Waals surface area contributed by atoms with Crippen molar-refractivity contribution >= 4 is 32.9 Å². The zero-order valence-electron chi connectivity index (χ0n) is 13.1. The van der Waals surface area contributed by atoms with E-state index >= 15 is 0 Å². The molecule has 0 amide bonds. The van der Waals surface area contributed by atoms with Crippen molar-refractivity contribution in [2.45, 2.75) is 24.2 Å². The first-order chi connectivity index (χ1) is 11.4. The molecule has 0 spiro atoms. The normalized spacial score (nSPS) is 15.0. The summed E-state index contributed by atoms with van der Waals surface area (Å²) >= 11 is 6.23. The molecule has 0 bridgehead atoms. The number of benzene rings is 2. The molecule has 2 aromatic carbocycles. The molecule has 24 heavy (non-hydrogen) atoms. The second-order valence-electron chi connectivity index (χ2n) is 5.66. The largest absolute Gasteiger partial charge is 0.495 e. The van der Waals surface area contributed by atoms with Crippen molar-refractivity contribution in [3.05, 3.63) is 58.6 Å². The van der Waals surface area contributed by atoms with E-state index < -0.39 is 10.1 Å². The number of ether oxygens (including phenoxy) is 1. The molecule has 1 N–H and O–H groups in total. The molecule has 1 aliphatic carbocycles. The first-order valence-corrected chi connectivity index (χ1v) is 9.36. The van der Waals surface area contributed by atoms with Gasteiger partial charge < -0.3 is 4.74 Å². The van der Waals surface area contributed by atoms with E-state index in [1.807, 2.05) is 18.2 Å². The second-order valence-corrected chi connectivity index (χ2v) is 7.49. The van der Waals surface area contributed by atoms with Gasteiger partial charge in [0.1, 0.15) is 5.75 Å². The van der Waals surface area contributed by atoms with Crippen molar-refractivity contribution < 1.29 is 17.7 Å². The zero-order valence-corrected chi connectivity index (χ0v) is 14.7. The Labute approximate surface area is 146 Å². The van der Waals surface area contributed by atoms with Gasteiger partial charge in [-0.15, -0.1) is 0 Å². The van der Waals surface area contributed by atoms with Crippen LogP contribution < -0.4 is 4.74 Å². The summed E-state index contributed by atoms with van der Waals surface area (Å²) in [7, 11) is -2.59. The van der Waals surface area contributed by atoms with E-state index in [0.29, 0.717) is 10.8 Å². The fourth-order valence-corrected chi connectivity index (χ4v) is 3.80. The third kappa shape index (κ3) is 3.34. The van der Waals surface area contributed by atoms with Crippen molar-refractivity contribution in [2.24, 2.45) is 0 Å². The van der Waals surface area contributed by atoms with Crippen LogP contribution in [0.25, 0.3) is 11.1 Å². The van der Waals surface area contributed by atoms with Crippen LogP contribution in [0.15, 0.2) is 47.4 Å². The average molecular weight is 365 g/mol. The molecule has 0 saturated carbocycles. The lowest BCUT2D eigenvalue weighted by molar-refractivity contribution is 0.415.